The first-order chi connectivity index (χ1) is 8.49. The Morgan fingerprint density at radius 2 is 2.22 bits per heavy atom. The Balaban J connectivity index is 2.11. The van der Waals surface area contributed by atoms with Crippen molar-refractivity contribution >= 4 is 38.3 Å². The van der Waals surface area contributed by atoms with Crippen molar-refractivity contribution in [1.82, 2.24) is 5.32 Å². The van der Waals surface area contributed by atoms with Crippen molar-refractivity contribution in [2.45, 2.75) is 36.0 Å². The molecule has 1 aromatic carbocycles. The van der Waals surface area contributed by atoms with Crippen LogP contribution in [-0.2, 0) is 15.6 Å². The molecule has 2 unspecified atom stereocenters. The molecule has 0 saturated heterocycles. The van der Waals surface area contributed by atoms with Crippen molar-refractivity contribution in [3.05, 3.63) is 22.7 Å². The van der Waals surface area contributed by atoms with Gasteiger partial charge in [-0.05, 0) is 53.9 Å². The van der Waals surface area contributed by atoms with Crippen molar-refractivity contribution in [2.24, 2.45) is 0 Å². The zero-order valence-electron chi connectivity index (χ0n) is 9.98. The van der Waals surface area contributed by atoms with Crippen molar-refractivity contribution in [2.75, 3.05) is 5.73 Å². The van der Waals surface area contributed by atoms with Crippen molar-refractivity contribution in [1.29, 1.82) is 0 Å². The Bertz CT molecular complexity index is 503. The van der Waals surface area contributed by atoms with Gasteiger partial charge in [0.15, 0.2) is 0 Å². The molecule has 18 heavy (non-hydrogen) atoms. The zero-order chi connectivity index (χ0) is 13.3. The van der Waals surface area contributed by atoms with Crippen LogP contribution in [0.2, 0.25) is 0 Å². The van der Waals surface area contributed by atoms with Gasteiger partial charge in [-0.1, -0.05) is 0 Å². The number of nitrogens with one attached hydrogen (secondary N) is 1. The number of nitrogens with two attached hydrogens (primary N) is 1. The number of halogens is 1. The van der Waals surface area contributed by atoms with E-state index in [1.165, 1.54) is 0 Å². The molecule has 0 aliphatic heterocycles. The highest BCUT2D eigenvalue weighted by Gasteiger charge is 2.29. The molecule has 98 valence electrons. The van der Waals surface area contributed by atoms with Gasteiger partial charge in [-0.3, -0.25) is 9.00 Å². The number of hydrogen-bond donors (Lipinski definition) is 2. The molecule has 0 heterocycles. The largest absolute Gasteiger partial charge is 0.399 e. The van der Waals surface area contributed by atoms with Gasteiger partial charge in [0.1, 0.15) is 5.25 Å². The molecule has 1 amide bonds. The van der Waals surface area contributed by atoms with Gasteiger partial charge >= 0.3 is 0 Å². The van der Waals surface area contributed by atoms with E-state index in [1.807, 2.05) is 0 Å². The molecule has 1 aliphatic rings. The quantitative estimate of drug-likeness (QED) is 0.827. The number of nitrogen functional groups attached to an aromatic ring is 1. The minimum atomic E-state index is -1.38. The number of carbonyl (C=O) groups excluding carboxylic acids is 1. The predicted molar refractivity (Wildman–Crippen MR) is 75.6 cm³/mol. The van der Waals surface area contributed by atoms with Gasteiger partial charge in [-0.15, -0.1) is 0 Å². The number of amides is 1. The van der Waals surface area contributed by atoms with Crippen LogP contribution < -0.4 is 11.1 Å². The van der Waals surface area contributed by atoms with Gasteiger partial charge in [0.05, 0.1) is 15.7 Å². The number of hydrogen-bond acceptors (Lipinski definition) is 3. The molecule has 1 fully saturated rings. The van der Waals surface area contributed by atoms with Crippen LogP contribution >= 0.6 is 15.9 Å². The Morgan fingerprint density at radius 1 is 1.56 bits per heavy atom. The summed E-state index contributed by atoms with van der Waals surface area (Å²) < 4.78 is 13.0. The first kappa shape index (κ1) is 13.5. The van der Waals surface area contributed by atoms with Gasteiger partial charge < -0.3 is 11.1 Å². The molecule has 2 rings (SSSR count). The van der Waals surface area contributed by atoms with Crippen LogP contribution in [0, 0.1) is 0 Å². The lowest BCUT2D eigenvalue weighted by Gasteiger charge is -2.13. The number of rotatable bonds is 4. The van der Waals surface area contributed by atoms with E-state index in [0.717, 1.165) is 12.8 Å². The third kappa shape index (κ3) is 3.11. The highest BCUT2D eigenvalue weighted by atomic mass is 79.9. The van der Waals surface area contributed by atoms with Gasteiger partial charge in [-0.2, -0.15) is 0 Å². The molecule has 1 aliphatic carbocycles. The first-order valence-electron chi connectivity index (χ1n) is 5.75. The second-order valence-electron chi connectivity index (χ2n) is 4.41. The normalized spacial score (nSPS) is 18.1. The molecule has 0 spiro atoms. The summed E-state index contributed by atoms with van der Waals surface area (Å²) in [6.07, 6.45) is 2.05. The molecule has 2 atom stereocenters. The Labute approximate surface area is 117 Å². The molecule has 1 saturated carbocycles. The summed E-state index contributed by atoms with van der Waals surface area (Å²) in [5, 5.41) is 2.30. The van der Waals surface area contributed by atoms with E-state index in [2.05, 4.69) is 21.2 Å². The van der Waals surface area contributed by atoms with Crippen LogP contribution in [0.1, 0.15) is 19.8 Å². The molecule has 0 aromatic heterocycles. The second kappa shape index (κ2) is 5.40. The monoisotopic (exact) mass is 330 g/mol. The summed E-state index contributed by atoms with van der Waals surface area (Å²) in [4.78, 5) is 12.4. The Kier molecular flexibility index (Phi) is 4.07. The van der Waals surface area contributed by atoms with Crippen LogP contribution in [0.25, 0.3) is 0 Å². The molecule has 4 nitrogen and oxygen atoms in total. The summed E-state index contributed by atoms with van der Waals surface area (Å²) in [5.41, 5.74) is 6.22. The lowest BCUT2D eigenvalue weighted by atomic mass is 10.3. The summed E-state index contributed by atoms with van der Waals surface area (Å²) in [6.45, 7) is 1.68. The van der Waals surface area contributed by atoms with E-state index in [4.69, 9.17) is 5.73 Å². The van der Waals surface area contributed by atoms with Crippen LogP contribution in [-0.4, -0.2) is 21.4 Å². The average Bonchev–Trinajstić information content (AvgIpc) is 3.11. The lowest BCUT2D eigenvalue weighted by Crippen LogP contribution is -2.36. The van der Waals surface area contributed by atoms with Gasteiger partial charge in [0.2, 0.25) is 5.91 Å². The topological polar surface area (TPSA) is 72.2 Å². The van der Waals surface area contributed by atoms with E-state index in [0.29, 0.717) is 15.1 Å². The van der Waals surface area contributed by atoms with Crippen LogP contribution in [0.4, 0.5) is 5.69 Å². The van der Waals surface area contributed by atoms with E-state index in [9.17, 15) is 9.00 Å². The third-order valence-electron chi connectivity index (χ3n) is 2.79. The van der Waals surface area contributed by atoms with Crippen LogP contribution in [0.5, 0.6) is 0 Å². The van der Waals surface area contributed by atoms with E-state index < -0.39 is 16.0 Å². The third-order valence-corrected chi connectivity index (χ3v) is 5.35. The number of benzene rings is 1. The zero-order valence-corrected chi connectivity index (χ0v) is 12.4. The van der Waals surface area contributed by atoms with Gasteiger partial charge in [0, 0.05) is 16.2 Å². The lowest BCUT2D eigenvalue weighted by molar-refractivity contribution is -0.120. The van der Waals surface area contributed by atoms with E-state index in [1.54, 1.807) is 25.1 Å². The highest BCUT2D eigenvalue weighted by Crippen LogP contribution is 2.25. The smallest absolute Gasteiger partial charge is 0.236 e. The maximum atomic E-state index is 12.3. The SMILES string of the molecule is CC(C(=O)NC1CC1)S(=O)c1ccc(N)cc1Br. The number of anilines is 1. The van der Waals surface area contributed by atoms with Crippen LogP contribution in [0.15, 0.2) is 27.6 Å². The average molecular weight is 331 g/mol. The fourth-order valence-electron chi connectivity index (χ4n) is 1.51. The van der Waals surface area contributed by atoms with Gasteiger partial charge in [0.25, 0.3) is 0 Å². The van der Waals surface area contributed by atoms with E-state index in [-0.39, 0.29) is 11.9 Å². The molecule has 1 aromatic rings. The van der Waals surface area contributed by atoms with E-state index >= 15 is 0 Å². The standard InChI is InChI=1S/C12H15BrN2O2S/c1-7(12(16)15-9-3-4-9)18(17)11-5-2-8(14)6-10(11)13/h2,5-7,9H,3-4,14H2,1H3,(H,15,16). The predicted octanol–water partition coefficient (Wildman–Crippen LogP) is 1.81. The molecule has 0 bridgehead atoms. The first-order valence-corrected chi connectivity index (χ1v) is 7.75. The summed E-state index contributed by atoms with van der Waals surface area (Å²) >= 11 is 3.32. The number of carbonyl (C=O) groups is 1. The maximum Gasteiger partial charge on any atom is 0.236 e. The fourth-order valence-corrected chi connectivity index (χ4v) is 3.49. The molecule has 6 heteroatoms. The molecule has 0 radical (unpaired) electrons. The Morgan fingerprint density at radius 3 is 2.78 bits per heavy atom. The van der Waals surface area contributed by atoms with Gasteiger partial charge in [-0.25, -0.2) is 0 Å². The Hall–Kier alpha value is -0.880. The maximum absolute atomic E-state index is 12.3. The minimum absolute atomic E-state index is 0.153. The summed E-state index contributed by atoms with van der Waals surface area (Å²) in [6, 6.07) is 5.35. The summed E-state index contributed by atoms with van der Waals surface area (Å²) in [5.74, 6) is -0.153. The van der Waals surface area contributed by atoms with Crippen molar-refractivity contribution in [3.63, 3.8) is 0 Å². The molecular weight excluding hydrogens is 316 g/mol. The minimum Gasteiger partial charge on any atom is -0.399 e. The van der Waals surface area contributed by atoms with Crippen molar-refractivity contribution in [3.8, 4) is 0 Å². The molecule has 3 N–H and O–H groups in total. The highest BCUT2D eigenvalue weighted by molar-refractivity contribution is 9.10. The second-order valence-corrected chi connectivity index (χ2v) is 7.01. The van der Waals surface area contributed by atoms with Crippen LogP contribution in [0.3, 0.4) is 0 Å². The fraction of sp³-hybridized carbons (Fsp3) is 0.417. The van der Waals surface area contributed by atoms with Crippen molar-refractivity contribution < 1.29 is 9.00 Å². The summed E-state index contributed by atoms with van der Waals surface area (Å²) in [7, 11) is -1.38. The molecular formula is C12H15BrN2O2S.